The van der Waals surface area contributed by atoms with Crippen molar-refractivity contribution in [3.8, 4) is 0 Å². The predicted molar refractivity (Wildman–Crippen MR) is 97.2 cm³/mol. The summed E-state index contributed by atoms with van der Waals surface area (Å²) in [5.74, 6) is -0.0742. The van der Waals surface area contributed by atoms with Gasteiger partial charge in [0.05, 0.1) is 23.6 Å². The van der Waals surface area contributed by atoms with E-state index in [1.54, 1.807) is 20.8 Å². The van der Waals surface area contributed by atoms with Crippen molar-refractivity contribution in [1.82, 2.24) is 4.98 Å². The van der Waals surface area contributed by atoms with Crippen LogP contribution in [0.1, 0.15) is 50.2 Å². The van der Waals surface area contributed by atoms with Gasteiger partial charge in [0.2, 0.25) is 0 Å². The number of ketones is 1. The van der Waals surface area contributed by atoms with Crippen molar-refractivity contribution < 1.29 is 14.3 Å². The molecule has 0 radical (unpaired) electrons. The zero-order chi connectivity index (χ0) is 17.9. The Bertz CT molecular complexity index is 777. The minimum absolute atomic E-state index is 0.0166. The molecule has 0 aliphatic carbocycles. The van der Waals surface area contributed by atoms with E-state index in [0.29, 0.717) is 34.9 Å². The summed E-state index contributed by atoms with van der Waals surface area (Å²) < 4.78 is 5.07. The number of Topliss-reactive ketones (excluding diaryl/α,β-unsaturated/α-hetero) is 1. The maximum atomic E-state index is 12.6. The van der Waals surface area contributed by atoms with Crippen LogP contribution in [0.5, 0.6) is 0 Å². The number of rotatable bonds is 6. The number of hydrogen-bond donors (Lipinski definition) is 1. The number of hydrogen-bond acceptors (Lipinski definition) is 4. The van der Waals surface area contributed by atoms with Gasteiger partial charge in [0.25, 0.3) is 0 Å². The second-order valence-electron chi connectivity index (χ2n) is 5.83. The number of aromatic amines is 1. The third kappa shape index (κ3) is 3.90. The van der Waals surface area contributed by atoms with Crippen LogP contribution in [0.2, 0.25) is 0 Å². The highest BCUT2D eigenvalue weighted by molar-refractivity contribution is 8.00. The Morgan fingerprint density at radius 2 is 1.88 bits per heavy atom. The van der Waals surface area contributed by atoms with Crippen LogP contribution in [0.4, 0.5) is 0 Å². The molecule has 0 aliphatic heterocycles. The first kappa shape index (κ1) is 18.3. The van der Waals surface area contributed by atoms with E-state index >= 15 is 0 Å². The van der Waals surface area contributed by atoms with Crippen LogP contribution in [0, 0.1) is 27.7 Å². The van der Waals surface area contributed by atoms with Crippen molar-refractivity contribution in [2.75, 3.05) is 12.4 Å². The van der Waals surface area contributed by atoms with Gasteiger partial charge < -0.3 is 9.72 Å². The molecular weight excluding hydrogens is 322 g/mol. The van der Waals surface area contributed by atoms with Gasteiger partial charge in [0, 0.05) is 10.6 Å². The highest BCUT2D eigenvalue weighted by atomic mass is 32.2. The van der Waals surface area contributed by atoms with Crippen LogP contribution < -0.4 is 0 Å². The molecule has 0 amide bonds. The highest BCUT2D eigenvalue weighted by Gasteiger charge is 2.22. The molecule has 0 bridgehead atoms. The van der Waals surface area contributed by atoms with E-state index in [1.165, 1.54) is 17.3 Å². The van der Waals surface area contributed by atoms with E-state index in [0.717, 1.165) is 10.5 Å². The smallest absolute Gasteiger partial charge is 0.340 e. The lowest BCUT2D eigenvalue weighted by Crippen LogP contribution is -2.08. The van der Waals surface area contributed by atoms with Gasteiger partial charge in [-0.1, -0.05) is 17.7 Å². The number of carbonyl (C=O) groups is 2. The van der Waals surface area contributed by atoms with E-state index in [-0.39, 0.29) is 11.8 Å². The number of nitrogens with one attached hydrogen (secondary N) is 1. The lowest BCUT2D eigenvalue weighted by molar-refractivity contribution is 0.0525. The summed E-state index contributed by atoms with van der Waals surface area (Å²) in [5, 5.41) is 0. The van der Waals surface area contributed by atoms with Gasteiger partial charge in [-0.2, -0.15) is 0 Å². The Kier molecular flexibility index (Phi) is 5.89. The molecule has 128 valence electrons. The van der Waals surface area contributed by atoms with E-state index in [2.05, 4.69) is 23.2 Å². The number of esters is 1. The molecule has 0 saturated heterocycles. The standard InChI is InChI=1S/C19H23NO3S/c1-6-23-19(22)17-13(4)18(20-14(17)5)15(21)10-24-16-9-11(2)7-8-12(16)3/h7-9,20H,6,10H2,1-5H3. The van der Waals surface area contributed by atoms with Crippen LogP contribution in [-0.4, -0.2) is 29.1 Å². The largest absolute Gasteiger partial charge is 0.462 e. The van der Waals surface area contributed by atoms with E-state index < -0.39 is 0 Å². The molecule has 1 aromatic heterocycles. The van der Waals surface area contributed by atoms with E-state index in [1.807, 2.05) is 13.8 Å². The van der Waals surface area contributed by atoms with Gasteiger partial charge in [0.1, 0.15) is 0 Å². The summed E-state index contributed by atoms with van der Waals surface area (Å²) in [6.07, 6.45) is 0. The molecule has 0 spiro atoms. The third-order valence-electron chi connectivity index (χ3n) is 3.90. The van der Waals surface area contributed by atoms with Crippen molar-refractivity contribution in [2.45, 2.75) is 39.5 Å². The molecule has 0 unspecified atom stereocenters. The van der Waals surface area contributed by atoms with Crippen molar-refractivity contribution >= 4 is 23.5 Å². The van der Waals surface area contributed by atoms with Crippen LogP contribution in [0.15, 0.2) is 23.1 Å². The number of aromatic nitrogens is 1. The summed E-state index contributed by atoms with van der Waals surface area (Å²) in [6, 6.07) is 6.21. The molecule has 0 atom stereocenters. The summed E-state index contributed by atoms with van der Waals surface area (Å²) in [5.41, 5.74) is 4.63. The van der Waals surface area contributed by atoms with Gasteiger partial charge in [0.15, 0.2) is 5.78 Å². The Morgan fingerprint density at radius 1 is 1.17 bits per heavy atom. The molecule has 24 heavy (non-hydrogen) atoms. The number of benzene rings is 1. The molecule has 2 rings (SSSR count). The minimum Gasteiger partial charge on any atom is -0.462 e. The molecule has 2 aromatic rings. The van der Waals surface area contributed by atoms with Crippen LogP contribution in [0.25, 0.3) is 0 Å². The summed E-state index contributed by atoms with van der Waals surface area (Å²) in [4.78, 5) is 28.8. The van der Waals surface area contributed by atoms with Crippen molar-refractivity contribution in [3.63, 3.8) is 0 Å². The molecular formula is C19H23NO3S. The SMILES string of the molecule is CCOC(=O)c1c(C)[nH]c(C(=O)CSc2cc(C)ccc2C)c1C. The topological polar surface area (TPSA) is 59.2 Å². The van der Waals surface area contributed by atoms with Crippen molar-refractivity contribution in [2.24, 2.45) is 0 Å². The first-order valence-electron chi connectivity index (χ1n) is 7.94. The fourth-order valence-corrected chi connectivity index (χ4v) is 3.61. The minimum atomic E-state index is -0.384. The predicted octanol–water partition coefficient (Wildman–Crippen LogP) is 4.40. The second-order valence-corrected chi connectivity index (χ2v) is 6.84. The van der Waals surface area contributed by atoms with Gasteiger partial charge in [-0.15, -0.1) is 11.8 Å². The summed E-state index contributed by atoms with van der Waals surface area (Å²) >= 11 is 1.52. The molecule has 0 fully saturated rings. The van der Waals surface area contributed by atoms with Gasteiger partial charge in [-0.05, 0) is 51.8 Å². The fraction of sp³-hybridized carbons (Fsp3) is 0.368. The Morgan fingerprint density at radius 3 is 2.54 bits per heavy atom. The molecule has 0 aliphatic rings. The lowest BCUT2D eigenvalue weighted by atomic mass is 10.1. The first-order chi connectivity index (χ1) is 11.3. The summed E-state index contributed by atoms with van der Waals surface area (Å²) in [6.45, 7) is 9.72. The Hall–Kier alpha value is -2.01. The van der Waals surface area contributed by atoms with Gasteiger partial charge >= 0.3 is 5.97 Å². The Balaban J connectivity index is 2.17. The highest BCUT2D eigenvalue weighted by Crippen LogP contribution is 2.26. The average molecular weight is 345 g/mol. The second kappa shape index (κ2) is 7.71. The lowest BCUT2D eigenvalue weighted by Gasteiger charge is -2.06. The summed E-state index contributed by atoms with van der Waals surface area (Å²) in [7, 11) is 0. The normalized spacial score (nSPS) is 10.7. The number of H-pyrrole nitrogens is 1. The number of carbonyl (C=O) groups excluding carboxylic acids is 2. The molecule has 1 aromatic carbocycles. The monoisotopic (exact) mass is 345 g/mol. The van der Waals surface area contributed by atoms with Crippen LogP contribution >= 0.6 is 11.8 Å². The number of aryl methyl sites for hydroxylation is 3. The van der Waals surface area contributed by atoms with Crippen molar-refractivity contribution in [3.05, 3.63) is 51.8 Å². The maximum absolute atomic E-state index is 12.6. The molecule has 1 N–H and O–H groups in total. The average Bonchev–Trinajstić information content (AvgIpc) is 2.83. The number of thioether (sulfide) groups is 1. The van der Waals surface area contributed by atoms with Crippen molar-refractivity contribution in [1.29, 1.82) is 0 Å². The molecule has 5 heteroatoms. The van der Waals surface area contributed by atoms with Crippen LogP contribution in [0.3, 0.4) is 0 Å². The van der Waals surface area contributed by atoms with Crippen LogP contribution in [-0.2, 0) is 4.74 Å². The van der Waals surface area contributed by atoms with E-state index in [4.69, 9.17) is 4.74 Å². The molecule has 0 saturated carbocycles. The first-order valence-corrected chi connectivity index (χ1v) is 8.93. The molecule has 1 heterocycles. The number of ether oxygens (including phenoxy) is 1. The molecule has 4 nitrogen and oxygen atoms in total. The fourth-order valence-electron chi connectivity index (χ4n) is 2.62. The van der Waals surface area contributed by atoms with E-state index in [9.17, 15) is 9.59 Å². The third-order valence-corrected chi connectivity index (χ3v) is 5.06. The maximum Gasteiger partial charge on any atom is 0.340 e. The van der Waals surface area contributed by atoms with Gasteiger partial charge in [-0.3, -0.25) is 4.79 Å². The zero-order valence-corrected chi connectivity index (χ0v) is 15.6. The zero-order valence-electron chi connectivity index (χ0n) is 14.8. The Labute approximate surface area is 147 Å². The quantitative estimate of drug-likeness (QED) is 0.479. The van der Waals surface area contributed by atoms with Gasteiger partial charge in [-0.25, -0.2) is 4.79 Å².